The number of nitrogen functional groups attached to an aromatic ring is 1. The highest BCUT2D eigenvalue weighted by molar-refractivity contribution is 7.89. The molecule has 1 aliphatic carbocycles. The molecule has 6 heteroatoms. The molecule has 118 valence electrons. The van der Waals surface area contributed by atoms with Gasteiger partial charge in [0.25, 0.3) is 0 Å². The van der Waals surface area contributed by atoms with Gasteiger partial charge in [0.1, 0.15) is 0 Å². The van der Waals surface area contributed by atoms with E-state index < -0.39 is 10.0 Å². The van der Waals surface area contributed by atoms with Gasteiger partial charge in [-0.05, 0) is 44.0 Å². The van der Waals surface area contributed by atoms with Crippen LogP contribution in [-0.2, 0) is 10.0 Å². The third kappa shape index (κ3) is 4.35. The minimum absolute atomic E-state index is 0.194. The number of anilines is 2. The fourth-order valence-electron chi connectivity index (χ4n) is 2.90. The topological polar surface area (TPSA) is 84.2 Å². The van der Waals surface area contributed by atoms with Crippen LogP contribution < -0.4 is 15.8 Å². The van der Waals surface area contributed by atoms with E-state index in [-0.39, 0.29) is 4.90 Å². The number of sulfonamides is 1. The maximum Gasteiger partial charge on any atom is 0.240 e. The first-order valence-electron chi connectivity index (χ1n) is 7.60. The Balaban J connectivity index is 1.86. The van der Waals surface area contributed by atoms with Crippen LogP contribution in [-0.4, -0.2) is 22.0 Å². The summed E-state index contributed by atoms with van der Waals surface area (Å²) in [5.41, 5.74) is 7.19. The van der Waals surface area contributed by atoms with E-state index in [2.05, 4.69) is 10.0 Å². The Bertz CT molecular complexity index is 566. The van der Waals surface area contributed by atoms with Crippen LogP contribution in [0.25, 0.3) is 0 Å². The monoisotopic (exact) mass is 311 g/mol. The molecule has 1 saturated carbocycles. The van der Waals surface area contributed by atoms with Crippen LogP contribution in [0.2, 0.25) is 0 Å². The van der Waals surface area contributed by atoms with Gasteiger partial charge in [-0.25, -0.2) is 13.1 Å². The molecule has 1 aromatic rings. The highest BCUT2D eigenvalue weighted by Crippen LogP contribution is 2.28. The number of hydrogen-bond acceptors (Lipinski definition) is 4. The van der Waals surface area contributed by atoms with Crippen molar-refractivity contribution in [1.29, 1.82) is 0 Å². The van der Waals surface area contributed by atoms with Gasteiger partial charge in [0, 0.05) is 6.54 Å². The zero-order valence-electron chi connectivity index (χ0n) is 12.6. The average molecular weight is 311 g/mol. The second-order valence-corrected chi connectivity index (χ2v) is 7.56. The zero-order chi connectivity index (χ0) is 15.3. The van der Waals surface area contributed by atoms with E-state index in [1.807, 2.05) is 0 Å². The molecule has 0 bridgehead atoms. The lowest BCUT2D eigenvalue weighted by molar-refractivity contribution is 0.491. The summed E-state index contributed by atoms with van der Waals surface area (Å²) < 4.78 is 25.7. The van der Waals surface area contributed by atoms with Crippen LogP contribution >= 0.6 is 0 Å². The quantitative estimate of drug-likeness (QED) is 0.534. The van der Waals surface area contributed by atoms with Crippen LogP contribution in [0, 0.1) is 5.92 Å². The second kappa shape index (κ2) is 7.13. The fraction of sp³-hybridized carbons (Fsp3) is 0.600. The Kier molecular flexibility index (Phi) is 5.47. The molecule has 2 rings (SSSR count). The van der Waals surface area contributed by atoms with Gasteiger partial charge in [-0.2, -0.15) is 0 Å². The first-order valence-corrected chi connectivity index (χ1v) is 9.08. The van der Waals surface area contributed by atoms with Crippen molar-refractivity contribution in [3.8, 4) is 0 Å². The second-order valence-electron chi connectivity index (χ2n) is 5.68. The molecule has 4 N–H and O–H groups in total. The van der Waals surface area contributed by atoms with Gasteiger partial charge in [-0.1, -0.05) is 25.7 Å². The fourth-order valence-corrected chi connectivity index (χ4v) is 3.66. The Labute approximate surface area is 127 Å². The lowest BCUT2D eigenvalue weighted by Crippen LogP contribution is -2.18. The van der Waals surface area contributed by atoms with Crippen LogP contribution in [0.1, 0.15) is 38.5 Å². The number of benzene rings is 1. The molecule has 21 heavy (non-hydrogen) atoms. The molecule has 5 nitrogen and oxygen atoms in total. The van der Waals surface area contributed by atoms with Crippen molar-refractivity contribution < 1.29 is 8.42 Å². The third-order valence-corrected chi connectivity index (χ3v) is 5.59. The van der Waals surface area contributed by atoms with E-state index in [9.17, 15) is 8.42 Å². The first-order chi connectivity index (χ1) is 10.0. The summed E-state index contributed by atoms with van der Waals surface area (Å²) in [7, 11) is -2.04. The van der Waals surface area contributed by atoms with Crippen molar-refractivity contribution in [3.63, 3.8) is 0 Å². The molecule has 0 aliphatic heterocycles. The number of nitrogens with one attached hydrogen (secondary N) is 2. The molecule has 1 fully saturated rings. The van der Waals surface area contributed by atoms with Crippen molar-refractivity contribution in [3.05, 3.63) is 18.2 Å². The number of nitrogens with two attached hydrogens (primary N) is 1. The van der Waals surface area contributed by atoms with Gasteiger partial charge in [0.05, 0.1) is 16.3 Å². The zero-order valence-corrected chi connectivity index (χ0v) is 13.4. The van der Waals surface area contributed by atoms with E-state index in [0.717, 1.165) is 24.6 Å². The van der Waals surface area contributed by atoms with Crippen molar-refractivity contribution in [2.75, 3.05) is 24.6 Å². The summed E-state index contributed by atoms with van der Waals surface area (Å²) in [4.78, 5) is 0.194. The normalized spacial score (nSPS) is 16.2. The van der Waals surface area contributed by atoms with Crippen LogP contribution in [0.3, 0.4) is 0 Å². The van der Waals surface area contributed by atoms with E-state index in [0.29, 0.717) is 5.69 Å². The van der Waals surface area contributed by atoms with E-state index in [1.165, 1.54) is 45.2 Å². The molecule has 0 heterocycles. The van der Waals surface area contributed by atoms with Gasteiger partial charge in [-0.3, -0.25) is 0 Å². The van der Waals surface area contributed by atoms with Gasteiger partial charge >= 0.3 is 0 Å². The molecule has 0 radical (unpaired) electrons. The number of rotatable bonds is 7. The third-order valence-electron chi connectivity index (χ3n) is 4.18. The van der Waals surface area contributed by atoms with E-state index in [4.69, 9.17) is 5.73 Å². The molecule has 0 spiro atoms. The molecule has 0 atom stereocenters. The van der Waals surface area contributed by atoms with Crippen molar-refractivity contribution >= 4 is 21.4 Å². The Morgan fingerprint density at radius 2 is 2.00 bits per heavy atom. The van der Waals surface area contributed by atoms with Crippen LogP contribution in [0.4, 0.5) is 11.4 Å². The number of hydrogen-bond donors (Lipinski definition) is 3. The van der Waals surface area contributed by atoms with E-state index >= 15 is 0 Å². The minimum Gasteiger partial charge on any atom is -0.397 e. The lowest BCUT2D eigenvalue weighted by Gasteiger charge is -2.12. The molecular formula is C15H25N3O2S. The standard InChI is InChI=1S/C15H25N3O2S/c1-17-21(19,20)13-8-9-15(14(16)11-13)18-10-4-7-12-5-2-3-6-12/h8-9,11-12,17-18H,2-7,10,16H2,1H3. The highest BCUT2D eigenvalue weighted by atomic mass is 32.2. The predicted molar refractivity (Wildman–Crippen MR) is 86.8 cm³/mol. The molecule has 1 aromatic carbocycles. The van der Waals surface area contributed by atoms with Crippen LogP contribution in [0.5, 0.6) is 0 Å². The lowest BCUT2D eigenvalue weighted by atomic mass is 10.0. The maximum atomic E-state index is 11.7. The average Bonchev–Trinajstić information content (AvgIpc) is 2.98. The van der Waals surface area contributed by atoms with Gasteiger partial charge in [0.2, 0.25) is 10.0 Å². The predicted octanol–water partition coefficient (Wildman–Crippen LogP) is 2.56. The van der Waals surface area contributed by atoms with E-state index in [1.54, 1.807) is 12.1 Å². The van der Waals surface area contributed by atoms with Crippen molar-refractivity contribution in [1.82, 2.24) is 4.72 Å². The summed E-state index contributed by atoms with van der Waals surface area (Å²) >= 11 is 0. The van der Waals surface area contributed by atoms with Gasteiger partial charge in [0.15, 0.2) is 0 Å². The SMILES string of the molecule is CNS(=O)(=O)c1ccc(NCCCC2CCCC2)c(N)c1. The summed E-state index contributed by atoms with van der Waals surface area (Å²) in [5, 5.41) is 3.29. The highest BCUT2D eigenvalue weighted by Gasteiger charge is 2.15. The van der Waals surface area contributed by atoms with Crippen molar-refractivity contribution in [2.45, 2.75) is 43.4 Å². The Morgan fingerprint density at radius 1 is 1.29 bits per heavy atom. The molecule has 0 saturated heterocycles. The molecule has 1 aliphatic rings. The summed E-state index contributed by atoms with van der Waals surface area (Å²) in [6.07, 6.45) is 7.90. The summed E-state index contributed by atoms with van der Waals surface area (Å²) in [6, 6.07) is 4.79. The molecule has 0 aromatic heterocycles. The minimum atomic E-state index is -3.43. The van der Waals surface area contributed by atoms with Gasteiger partial charge in [-0.15, -0.1) is 0 Å². The Morgan fingerprint density at radius 3 is 2.62 bits per heavy atom. The van der Waals surface area contributed by atoms with Gasteiger partial charge < -0.3 is 11.1 Å². The first kappa shape index (κ1) is 16.1. The summed E-state index contributed by atoms with van der Waals surface area (Å²) in [6.45, 7) is 0.874. The molecule has 0 unspecified atom stereocenters. The Hall–Kier alpha value is -1.27. The molecule has 0 amide bonds. The summed E-state index contributed by atoms with van der Waals surface area (Å²) in [5.74, 6) is 0.896. The van der Waals surface area contributed by atoms with Crippen molar-refractivity contribution in [2.24, 2.45) is 5.92 Å². The largest absolute Gasteiger partial charge is 0.397 e. The molecular weight excluding hydrogens is 286 g/mol. The van der Waals surface area contributed by atoms with Crippen LogP contribution in [0.15, 0.2) is 23.1 Å². The maximum absolute atomic E-state index is 11.7. The smallest absolute Gasteiger partial charge is 0.240 e.